The second kappa shape index (κ2) is 10.2. The van der Waals surface area contributed by atoms with Crippen LogP contribution in [0.1, 0.15) is 11.4 Å². The molecule has 0 radical (unpaired) electrons. The van der Waals surface area contributed by atoms with Gasteiger partial charge in [0.15, 0.2) is 11.5 Å². The van der Waals surface area contributed by atoms with Crippen molar-refractivity contribution in [2.24, 2.45) is 0 Å². The number of hydrogen-bond donors (Lipinski definition) is 1. The number of phenols is 1. The summed E-state index contributed by atoms with van der Waals surface area (Å²) in [5, 5.41) is 17.3. The predicted molar refractivity (Wildman–Crippen MR) is 139 cm³/mol. The Morgan fingerprint density at radius 2 is 1.24 bits per heavy atom. The molecule has 0 spiro atoms. The van der Waals surface area contributed by atoms with Crippen molar-refractivity contribution in [1.82, 2.24) is 20.3 Å². The van der Waals surface area contributed by atoms with Crippen LogP contribution in [-0.2, 0) is 0 Å². The second-order valence-electron chi connectivity index (χ2n) is 8.37. The van der Waals surface area contributed by atoms with Crippen LogP contribution in [-0.4, -0.2) is 39.6 Å². The highest BCUT2D eigenvalue weighted by molar-refractivity contribution is 5.85. The number of nitrogens with zero attached hydrogens (tertiary/aromatic N) is 4. The highest BCUT2D eigenvalue weighted by atomic mass is 19.1. The van der Waals surface area contributed by atoms with Gasteiger partial charge in [0, 0.05) is 23.3 Å². The first-order valence-electron chi connectivity index (χ1n) is 11.5. The van der Waals surface area contributed by atoms with Crippen LogP contribution in [0.4, 0.5) is 4.39 Å². The minimum absolute atomic E-state index is 0.195. The van der Waals surface area contributed by atoms with Crippen LogP contribution in [0.5, 0.6) is 17.2 Å². The molecule has 192 valence electrons. The topological polar surface area (TPSA) is 117 Å². The van der Waals surface area contributed by atoms with E-state index in [4.69, 9.17) is 18.5 Å². The third kappa shape index (κ3) is 4.71. The van der Waals surface area contributed by atoms with Gasteiger partial charge in [-0.15, -0.1) is 0 Å². The van der Waals surface area contributed by atoms with Crippen LogP contribution in [0.15, 0.2) is 69.7 Å². The Kier molecular flexibility index (Phi) is 6.61. The molecule has 6 rings (SSSR count). The quantitative estimate of drug-likeness (QED) is 0.291. The Hall–Kier alpha value is -4.99. The van der Waals surface area contributed by atoms with Crippen molar-refractivity contribution in [2.45, 2.75) is 13.8 Å². The van der Waals surface area contributed by atoms with E-state index in [0.29, 0.717) is 56.5 Å². The molecule has 2 aromatic carbocycles. The molecule has 0 bridgehead atoms. The van der Waals surface area contributed by atoms with Gasteiger partial charge in [0.25, 0.3) is 0 Å². The van der Waals surface area contributed by atoms with Crippen LogP contribution in [0, 0.1) is 19.7 Å². The number of methoxy groups -OCH3 is 2. The number of aromatic hydroxyl groups is 1. The molecule has 0 saturated heterocycles. The lowest BCUT2D eigenvalue weighted by Gasteiger charge is -2.05. The molecule has 0 saturated carbocycles. The predicted octanol–water partition coefficient (Wildman–Crippen LogP) is 6.26. The molecular formula is C28H23FN4O5. The fourth-order valence-electron chi connectivity index (χ4n) is 3.89. The lowest BCUT2D eigenvalue weighted by molar-refractivity contribution is 0.391. The number of fused-ring (bicyclic) bond motifs is 2. The number of aryl methyl sites for hydroxylation is 2. The number of pyridine rings is 2. The molecule has 0 aliphatic carbocycles. The van der Waals surface area contributed by atoms with E-state index in [2.05, 4.69) is 20.3 Å². The lowest BCUT2D eigenvalue weighted by atomic mass is 10.1. The van der Waals surface area contributed by atoms with Crippen molar-refractivity contribution in [3.05, 3.63) is 77.9 Å². The van der Waals surface area contributed by atoms with Crippen molar-refractivity contribution < 1.29 is 28.0 Å². The standard InChI is InChI=1S/C14H11FN2O2.C14H12N2O3/c1-8-13-14(19-17-8)12(18-2)7-11(16-13)9-3-5-10(15)6-4-9;1-8-13-14(19-16-8)12(18-2)7-11(15-13)9-4-3-5-10(17)6-9/h3-7H,1-2H3;3-7,17H,1-2H3. The van der Waals surface area contributed by atoms with E-state index in [9.17, 15) is 9.50 Å². The zero-order valence-corrected chi connectivity index (χ0v) is 21.0. The molecule has 0 amide bonds. The summed E-state index contributed by atoms with van der Waals surface area (Å²) in [6, 6.07) is 16.6. The first-order chi connectivity index (χ1) is 18.4. The smallest absolute Gasteiger partial charge is 0.227 e. The lowest BCUT2D eigenvalue weighted by Crippen LogP contribution is -1.90. The highest BCUT2D eigenvalue weighted by Gasteiger charge is 2.16. The molecule has 0 unspecified atom stereocenters. The number of phenolic OH excluding ortho intramolecular Hbond substituents is 1. The number of rotatable bonds is 4. The molecule has 6 aromatic rings. The summed E-state index contributed by atoms with van der Waals surface area (Å²) in [6.45, 7) is 3.64. The number of ether oxygens (including phenoxy) is 2. The average Bonchev–Trinajstić information content (AvgIpc) is 3.50. The van der Waals surface area contributed by atoms with Gasteiger partial charge in [-0.2, -0.15) is 0 Å². The van der Waals surface area contributed by atoms with Gasteiger partial charge in [-0.25, -0.2) is 14.4 Å². The molecule has 0 atom stereocenters. The van der Waals surface area contributed by atoms with Crippen LogP contribution in [0.2, 0.25) is 0 Å². The zero-order chi connectivity index (χ0) is 26.8. The van der Waals surface area contributed by atoms with Gasteiger partial charge < -0.3 is 23.6 Å². The Bertz CT molecular complexity index is 1740. The summed E-state index contributed by atoms with van der Waals surface area (Å²) >= 11 is 0. The van der Waals surface area contributed by atoms with Gasteiger partial charge in [-0.1, -0.05) is 22.4 Å². The summed E-state index contributed by atoms with van der Waals surface area (Å²) < 4.78 is 33.9. The molecule has 0 aliphatic heterocycles. The molecule has 4 heterocycles. The van der Waals surface area contributed by atoms with E-state index >= 15 is 0 Å². The van der Waals surface area contributed by atoms with Gasteiger partial charge >= 0.3 is 0 Å². The maximum atomic E-state index is 12.9. The SMILES string of the molecule is COc1cc(-c2ccc(F)cc2)nc2c(C)noc12.COc1cc(-c2cccc(O)c2)nc2c(C)noc12. The van der Waals surface area contributed by atoms with E-state index < -0.39 is 0 Å². The molecular weight excluding hydrogens is 491 g/mol. The fourth-order valence-corrected chi connectivity index (χ4v) is 3.89. The van der Waals surface area contributed by atoms with E-state index in [1.165, 1.54) is 12.1 Å². The first-order valence-corrected chi connectivity index (χ1v) is 11.5. The molecule has 9 nitrogen and oxygen atoms in total. The molecule has 4 aromatic heterocycles. The van der Waals surface area contributed by atoms with Gasteiger partial charge in [0.1, 0.15) is 34.0 Å². The van der Waals surface area contributed by atoms with Crippen LogP contribution in [0.3, 0.4) is 0 Å². The third-order valence-corrected chi connectivity index (χ3v) is 5.83. The Morgan fingerprint density at radius 3 is 1.74 bits per heavy atom. The normalized spacial score (nSPS) is 10.9. The van der Waals surface area contributed by atoms with E-state index in [-0.39, 0.29) is 11.6 Å². The zero-order valence-electron chi connectivity index (χ0n) is 21.0. The van der Waals surface area contributed by atoms with Crippen LogP contribution >= 0.6 is 0 Å². The minimum atomic E-state index is -0.280. The van der Waals surface area contributed by atoms with E-state index in [1.807, 2.05) is 19.9 Å². The fraction of sp³-hybridized carbons (Fsp3) is 0.143. The second-order valence-corrected chi connectivity index (χ2v) is 8.37. The van der Waals surface area contributed by atoms with Crippen LogP contribution < -0.4 is 9.47 Å². The van der Waals surface area contributed by atoms with Crippen molar-refractivity contribution in [2.75, 3.05) is 14.2 Å². The van der Waals surface area contributed by atoms with Crippen molar-refractivity contribution >= 4 is 22.2 Å². The van der Waals surface area contributed by atoms with Crippen LogP contribution in [0.25, 0.3) is 44.7 Å². The maximum absolute atomic E-state index is 12.9. The first kappa shape index (κ1) is 24.7. The Labute approximate surface area is 216 Å². The Balaban J connectivity index is 0.000000155. The minimum Gasteiger partial charge on any atom is -0.508 e. The average molecular weight is 515 g/mol. The molecule has 0 aliphatic rings. The molecule has 10 heteroatoms. The van der Waals surface area contributed by atoms with Crippen molar-refractivity contribution in [3.8, 4) is 39.8 Å². The van der Waals surface area contributed by atoms with Crippen molar-refractivity contribution in [1.29, 1.82) is 0 Å². The third-order valence-electron chi connectivity index (χ3n) is 5.83. The molecule has 1 N–H and O–H groups in total. The number of hydrogen-bond acceptors (Lipinski definition) is 9. The summed E-state index contributed by atoms with van der Waals surface area (Å²) in [7, 11) is 3.12. The van der Waals surface area contributed by atoms with E-state index in [1.54, 1.807) is 56.7 Å². The number of halogens is 1. The van der Waals surface area contributed by atoms with Crippen molar-refractivity contribution in [3.63, 3.8) is 0 Å². The summed E-state index contributed by atoms with van der Waals surface area (Å²) in [5.74, 6) is 1.05. The Morgan fingerprint density at radius 1 is 0.711 bits per heavy atom. The van der Waals surface area contributed by atoms with E-state index in [0.717, 1.165) is 11.1 Å². The van der Waals surface area contributed by atoms with Gasteiger partial charge in [-0.3, -0.25) is 0 Å². The maximum Gasteiger partial charge on any atom is 0.227 e. The highest BCUT2D eigenvalue weighted by Crippen LogP contribution is 2.33. The molecule has 38 heavy (non-hydrogen) atoms. The van der Waals surface area contributed by atoms with Gasteiger partial charge in [-0.05, 0) is 50.2 Å². The number of benzene rings is 2. The summed E-state index contributed by atoms with van der Waals surface area (Å²) in [6.07, 6.45) is 0. The largest absolute Gasteiger partial charge is 0.508 e. The van der Waals surface area contributed by atoms with Gasteiger partial charge in [0.05, 0.1) is 25.6 Å². The molecule has 0 fully saturated rings. The summed E-state index contributed by atoms with van der Waals surface area (Å²) in [4.78, 5) is 8.99. The number of aromatic nitrogens is 4. The monoisotopic (exact) mass is 514 g/mol. The summed E-state index contributed by atoms with van der Waals surface area (Å²) in [5.41, 5.74) is 6.77. The van der Waals surface area contributed by atoms with Gasteiger partial charge in [0.2, 0.25) is 11.2 Å².